The van der Waals surface area contributed by atoms with E-state index >= 15 is 0 Å². The fraction of sp³-hybridized carbons (Fsp3) is 0.280. The number of ketones is 1. The first-order valence-corrected chi connectivity index (χ1v) is 10.8. The van der Waals surface area contributed by atoms with Gasteiger partial charge in [0.2, 0.25) is 0 Å². The van der Waals surface area contributed by atoms with Crippen LogP contribution in [-0.2, 0) is 20.9 Å². The van der Waals surface area contributed by atoms with Crippen molar-refractivity contribution in [2.45, 2.75) is 38.6 Å². The molecular weight excluding hydrogens is 424 g/mol. The second-order valence-electron chi connectivity index (χ2n) is 8.30. The number of carbonyl (C=O) groups excluding carboxylic acids is 4. The number of esters is 1. The third kappa shape index (κ3) is 3.29. The summed E-state index contributed by atoms with van der Waals surface area (Å²) in [5, 5.41) is 3.20. The van der Waals surface area contributed by atoms with Crippen molar-refractivity contribution in [1.82, 2.24) is 10.2 Å². The number of dihydropyridines is 1. The van der Waals surface area contributed by atoms with Crippen LogP contribution in [0.25, 0.3) is 0 Å². The van der Waals surface area contributed by atoms with Gasteiger partial charge >= 0.3 is 5.97 Å². The van der Waals surface area contributed by atoms with E-state index in [1.54, 1.807) is 43.3 Å². The molecule has 0 spiro atoms. The van der Waals surface area contributed by atoms with Gasteiger partial charge in [0.1, 0.15) is 11.5 Å². The van der Waals surface area contributed by atoms with Crippen LogP contribution in [0.2, 0.25) is 0 Å². The Kier molecular flexibility index (Phi) is 5.00. The van der Waals surface area contributed by atoms with Gasteiger partial charge in [-0.05, 0) is 44.0 Å². The van der Waals surface area contributed by atoms with Gasteiger partial charge in [0.05, 0.1) is 36.3 Å². The number of imide groups is 1. The number of hydrogen-bond acceptors (Lipinski definition) is 7. The molecule has 168 valence electrons. The van der Waals surface area contributed by atoms with Crippen LogP contribution >= 0.6 is 0 Å². The highest BCUT2D eigenvalue weighted by atomic mass is 16.5. The van der Waals surface area contributed by atoms with Crippen LogP contribution in [0.1, 0.15) is 64.3 Å². The standard InChI is InChI=1S/C25H22N2O6/c1-13-20(25(31)32-2)22(21-17(26-13)8-5-9-18(21)28)19-11-10-14(33-19)12-27-23(29)15-6-3-4-7-16(15)24(27)30/h3-4,6-7,10-11,22,26H,5,8-9,12H2,1-2H3/t22-/m0/s1. The minimum Gasteiger partial charge on any atom is -0.466 e. The van der Waals surface area contributed by atoms with Gasteiger partial charge in [0, 0.05) is 23.4 Å². The van der Waals surface area contributed by atoms with E-state index < -0.39 is 11.9 Å². The molecule has 0 unspecified atom stereocenters. The molecule has 5 rings (SSSR count). The molecule has 1 aromatic carbocycles. The molecule has 8 nitrogen and oxygen atoms in total. The molecular formula is C25H22N2O6. The summed E-state index contributed by atoms with van der Waals surface area (Å²) < 4.78 is 11.0. The normalized spacial score (nSPS) is 20.1. The molecule has 8 heteroatoms. The average Bonchev–Trinajstić information content (AvgIpc) is 3.37. The van der Waals surface area contributed by atoms with Gasteiger partial charge in [0.25, 0.3) is 11.8 Å². The lowest BCUT2D eigenvalue weighted by Gasteiger charge is -2.32. The van der Waals surface area contributed by atoms with E-state index in [0.717, 1.165) is 17.0 Å². The smallest absolute Gasteiger partial charge is 0.336 e. The fourth-order valence-corrected chi connectivity index (χ4v) is 4.82. The number of benzene rings is 1. The van der Waals surface area contributed by atoms with Crippen LogP contribution in [0.3, 0.4) is 0 Å². The Bertz CT molecular complexity index is 1250. The van der Waals surface area contributed by atoms with E-state index in [2.05, 4.69) is 5.32 Å². The zero-order chi connectivity index (χ0) is 23.3. The van der Waals surface area contributed by atoms with Crippen LogP contribution in [-0.4, -0.2) is 35.6 Å². The Morgan fingerprint density at radius 2 is 1.79 bits per heavy atom. The van der Waals surface area contributed by atoms with E-state index in [1.807, 2.05) is 0 Å². The molecule has 33 heavy (non-hydrogen) atoms. The molecule has 2 aromatic rings. The molecule has 0 bridgehead atoms. The van der Waals surface area contributed by atoms with Gasteiger partial charge in [-0.25, -0.2) is 4.79 Å². The number of fused-ring (bicyclic) bond motifs is 1. The van der Waals surface area contributed by atoms with Crippen molar-refractivity contribution < 1.29 is 28.3 Å². The highest BCUT2D eigenvalue weighted by Gasteiger charge is 2.41. The summed E-state index contributed by atoms with van der Waals surface area (Å²) in [7, 11) is 1.29. The second kappa shape index (κ2) is 7.88. The molecule has 1 N–H and O–H groups in total. The molecule has 2 aliphatic heterocycles. The van der Waals surface area contributed by atoms with Gasteiger partial charge in [-0.2, -0.15) is 0 Å². The molecule has 0 saturated heterocycles. The maximum atomic E-state index is 12.9. The van der Waals surface area contributed by atoms with E-state index in [9.17, 15) is 19.2 Å². The third-order valence-corrected chi connectivity index (χ3v) is 6.34. The molecule has 3 heterocycles. The van der Waals surface area contributed by atoms with Crippen molar-refractivity contribution in [1.29, 1.82) is 0 Å². The van der Waals surface area contributed by atoms with Gasteiger partial charge in [0.15, 0.2) is 5.78 Å². The minimum absolute atomic E-state index is 0.0408. The second-order valence-corrected chi connectivity index (χ2v) is 8.30. The highest BCUT2D eigenvalue weighted by molar-refractivity contribution is 6.21. The van der Waals surface area contributed by atoms with E-state index in [-0.39, 0.29) is 24.1 Å². The Balaban J connectivity index is 1.50. The lowest BCUT2D eigenvalue weighted by atomic mass is 9.77. The zero-order valence-corrected chi connectivity index (χ0v) is 18.3. The molecule has 0 fully saturated rings. The Labute approximate surface area is 189 Å². The van der Waals surface area contributed by atoms with Crippen molar-refractivity contribution >= 4 is 23.6 Å². The molecule has 2 amide bonds. The molecule has 1 aliphatic carbocycles. The topological polar surface area (TPSA) is 106 Å². The number of nitrogens with one attached hydrogen (secondary N) is 1. The number of hydrogen-bond donors (Lipinski definition) is 1. The molecule has 3 aliphatic rings. The van der Waals surface area contributed by atoms with Crippen molar-refractivity contribution in [3.8, 4) is 0 Å². The van der Waals surface area contributed by atoms with E-state index in [4.69, 9.17) is 9.15 Å². The fourth-order valence-electron chi connectivity index (χ4n) is 4.82. The van der Waals surface area contributed by atoms with Crippen molar-refractivity contribution in [3.05, 3.63) is 81.6 Å². The lowest BCUT2D eigenvalue weighted by molar-refractivity contribution is -0.136. The Morgan fingerprint density at radius 3 is 2.45 bits per heavy atom. The quantitative estimate of drug-likeness (QED) is 0.568. The summed E-state index contributed by atoms with van der Waals surface area (Å²) >= 11 is 0. The number of amides is 2. The van der Waals surface area contributed by atoms with Crippen LogP contribution in [0.5, 0.6) is 0 Å². The molecule has 1 aromatic heterocycles. The summed E-state index contributed by atoms with van der Waals surface area (Å²) in [6.07, 6.45) is 1.83. The third-order valence-electron chi connectivity index (χ3n) is 6.34. The first-order chi connectivity index (χ1) is 15.9. The van der Waals surface area contributed by atoms with Crippen LogP contribution < -0.4 is 5.32 Å². The SMILES string of the molecule is COC(=O)C1=C(C)NC2=C(C(=O)CCC2)[C@H]1c1ccc(CN2C(=O)c3ccccc3C2=O)o1. The summed E-state index contributed by atoms with van der Waals surface area (Å²) in [6, 6.07) is 10.0. The van der Waals surface area contributed by atoms with Crippen LogP contribution in [0.4, 0.5) is 0 Å². The summed E-state index contributed by atoms with van der Waals surface area (Å²) in [6.45, 7) is 1.72. The predicted octanol–water partition coefficient (Wildman–Crippen LogP) is 3.22. The number of furan rings is 1. The predicted molar refractivity (Wildman–Crippen MR) is 116 cm³/mol. The number of Topliss-reactive ketones (excluding diaryl/α,β-unsaturated/α-hetero) is 1. The van der Waals surface area contributed by atoms with Crippen LogP contribution in [0.15, 0.2) is 63.4 Å². The number of rotatable bonds is 4. The summed E-state index contributed by atoms with van der Waals surface area (Å²) in [4.78, 5) is 52.1. The van der Waals surface area contributed by atoms with Crippen molar-refractivity contribution in [2.24, 2.45) is 0 Å². The highest BCUT2D eigenvalue weighted by Crippen LogP contribution is 2.43. The Morgan fingerprint density at radius 1 is 1.09 bits per heavy atom. The van der Waals surface area contributed by atoms with E-state index in [1.165, 1.54) is 7.11 Å². The molecule has 0 saturated carbocycles. The lowest BCUT2D eigenvalue weighted by Crippen LogP contribution is -2.34. The zero-order valence-electron chi connectivity index (χ0n) is 18.3. The summed E-state index contributed by atoms with van der Waals surface area (Å²) in [5.74, 6) is -1.29. The Hall–Kier alpha value is -3.94. The molecule has 0 radical (unpaired) electrons. The van der Waals surface area contributed by atoms with Gasteiger partial charge < -0.3 is 14.5 Å². The van der Waals surface area contributed by atoms with Gasteiger partial charge in [-0.1, -0.05) is 12.1 Å². The van der Waals surface area contributed by atoms with Crippen molar-refractivity contribution in [3.63, 3.8) is 0 Å². The van der Waals surface area contributed by atoms with Crippen LogP contribution in [0, 0.1) is 0 Å². The first kappa shape index (κ1) is 20.9. The summed E-state index contributed by atoms with van der Waals surface area (Å²) in [5.41, 5.74) is 2.95. The minimum atomic E-state index is -0.711. The molecule has 1 atom stereocenters. The van der Waals surface area contributed by atoms with E-state index in [0.29, 0.717) is 52.3 Å². The number of nitrogens with zero attached hydrogens (tertiary/aromatic N) is 1. The largest absolute Gasteiger partial charge is 0.466 e. The van der Waals surface area contributed by atoms with Gasteiger partial charge in [-0.3, -0.25) is 19.3 Å². The average molecular weight is 446 g/mol. The number of ether oxygens (including phenoxy) is 1. The number of allylic oxidation sites excluding steroid dienone is 3. The maximum absolute atomic E-state index is 12.9. The monoisotopic (exact) mass is 446 g/mol. The maximum Gasteiger partial charge on any atom is 0.336 e. The van der Waals surface area contributed by atoms with Gasteiger partial charge in [-0.15, -0.1) is 0 Å². The number of carbonyl (C=O) groups is 4. The van der Waals surface area contributed by atoms with Crippen molar-refractivity contribution in [2.75, 3.05) is 7.11 Å². The number of methoxy groups -OCH3 is 1. The first-order valence-electron chi connectivity index (χ1n) is 10.8.